The molecule has 9 heteroatoms. The predicted molar refractivity (Wildman–Crippen MR) is 105 cm³/mol. The number of nitrogens with zero attached hydrogens (tertiary/aromatic N) is 1. The minimum atomic E-state index is -3.72. The second-order valence-electron chi connectivity index (χ2n) is 5.82. The highest BCUT2D eigenvalue weighted by atomic mass is 35.5. The SMILES string of the molecule is COC(=O)c1ccc(C)c(NC(=O)CN(c2cccc(Cl)c2)S(C)(=O)=O)c1. The fourth-order valence-corrected chi connectivity index (χ4v) is 3.39. The number of anilines is 2. The molecule has 1 N–H and O–H groups in total. The van der Waals surface area contributed by atoms with Gasteiger partial charge in [-0.05, 0) is 42.8 Å². The Bertz CT molecular complexity index is 975. The van der Waals surface area contributed by atoms with E-state index < -0.39 is 28.4 Å². The van der Waals surface area contributed by atoms with Crippen LogP contribution in [-0.2, 0) is 19.6 Å². The fourth-order valence-electron chi connectivity index (χ4n) is 2.35. The molecule has 0 aromatic heterocycles. The molecule has 0 aliphatic carbocycles. The predicted octanol–water partition coefficient (Wildman–Crippen LogP) is 2.84. The number of benzene rings is 2. The number of hydrogen-bond donors (Lipinski definition) is 1. The van der Waals surface area contributed by atoms with Crippen LogP contribution in [0.2, 0.25) is 5.02 Å². The van der Waals surface area contributed by atoms with Crippen molar-refractivity contribution in [2.24, 2.45) is 0 Å². The van der Waals surface area contributed by atoms with Crippen LogP contribution in [0.15, 0.2) is 42.5 Å². The molecule has 27 heavy (non-hydrogen) atoms. The lowest BCUT2D eigenvalue weighted by Crippen LogP contribution is -2.37. The highest BCUT2D eigenvalue weighted by Gasteiger charge is 2.21. The van der Waals surface area contributed by atoms with Crippen LogP contribution in [0.25, 0.3) is 0 Å². The van der Waals surface area contributed by atoms with E-state index >= 15 is 0 Å². The summed E-state index contributed by atoms with van der Waals surface area (Å²) in [4.78, 5) is 24.1. The zero-order valence-corrected chi connectivity index (χ0v) is 16.6. The highest BCUT2D eigenvalue weighted by Crippen LogP contribution is 2.22. The van der Waals surface area contributed by atoms with E-state index in [9.17, 15) is 18.0 Å². The van der Waals surface area contributed by atoms with Gasteiger partial charge in [0.15, 0.2) is 0 Å². The monoisotopic (exact) mass is 410 g/mol. The van der Waals surface area contributed by atoms with Gasteiger partial charge in [-0.2, -0.15) is 0 Å². The molecule has 0 unspecified atom stereocenters. The zero-order chi connectivity index (χ0) is 20.2. The summed E-state index contributed by atoms with van der Waals surface area (Å²) in [6.07, 6.45) is 1.00. The molecule has 0 bridgehead atoms. The lowest BCUT2D eigenvalue weighted by molar-refractivity contribution is -0.114. The molecule has 144 valence electrons. The number of esters is 1. The summed E-state index contributed by atoms with van der Waals surface area (Å²) in [7, 11) is -2.46. The molecule has 7 nitrogen and oxygen atoms in total. The maximum Gasteiger partial charge on any atom is 0.337 e. The van der Waals surface area contributed by atoms with E-state index in [0.29, 0.717) is 16.3 Å². The van der Waals surface area contributed by atoms with Crippen molar-refractivity contribution in [3.63, 3.8) is 0 Å². The van der Waals surface area contributed by atoms with Crippen LogP contribution in [0, 0.1) is 6.92 Å². The number of amides is 1. The number of hydrogen-bond acceptors (Lipinski definition) is 5. The summed E-state index contributed by atoms with van der Waals surface area (Å²) in [5.74, 6) is -1.10. The normalized spacial score (nSPS) is 11.0. The van der Waals surface area contributed by atoms with Gasteiger partial charge >= 0.3 is 5.97 Å². The summed E-state index contributed by atoms with van der Waals surface area (Å²) < 4.78 is 29.9. The minimum Gasteiger partial charge on any atom is -0.465 e. The Hall–Kier alpha value is -2.58. The van der Waals surface area contributed by atoms with Gasteiger partial charge in [0.1, 0.15) is 6.54 Å². The van der Waals surface area contributed by atoms with Gasteiger partial charge in [0.2, 0.25) is 15.9 Å². The van der Waals surface area contributed by atoms with E-state index in [0.717, 1.165) is 10.6 Å². The molecule has 0 heterocycles. The van der Waals surface area contributed by atoms with Crippen LogP contribution >= 0.6 is 11.6 Å². The van der Waals surface area contributed by atoms with Crippen LogP contribution in [-0.4, -0.2) is 40.2 Å². The molecule has 0 aliphatic rings. The summed E-state index contributed by atoms with van der Waals surface area (Å²) >= 11 is 5.92. The van der Waals surface area contributed by atoms with Gasteiger partial charge in [-0.3, -0.25) is 9.10 Å². The maximum atomic E-state index is 12.5. The van der Waals surface area contributed by atoms with Crippen LogP contribution in [0.1, 0.15) is 15.9 Å². The number of sulfonamides is 1. The van der Waals surface area contributed by atoms with Crippen molar-refractivity contribution >= 4 is 44.9 Å². The molecule has 0 saturated heterocycles. The Morgan fingerprint density at radius 3 is 2.48 bits per heavy atom. The third kappa shape index (κ3) is 5.45. The Labute approximate surface area is 162 Å². The average molecular weight is 411 g/mol. The van der Waals surface area contributed by atoms with Crippen LogP contribution < -0.4 is 9.62 Å². The summed E-state index contributed by atoms with van der Waals surface area (Å²) in [6.45, 7) is 1.31. The quantitative estimate of drug-likeness (QED) is 0.739. The Balaban J connectivity index is 2.26. The van der Waals surface area contributed by atoms with Crippen molar-refractivity contribution in [2.45, 2.75) is 6.92 Å². The van der Waals surface area contributed by atoms with Crippen LogP contribution in [0.3, 0.4) is 0 Å². The number of carbonyl (C=O) groups excluding carboxylic acids is 2. The molecule has 0 spiro atoms. The first-order valence-electron chi connectivity index (χ1n) is 7.84. The second kappa shape index (κ2) is 8.41. The number of carbonyl (C=O) groups is 2. The summed E-state index contributed by atoms with van der Waals surface area (Å²) in [5, 5.41) is 2.98. The Morgan fingerprint density at radius 1 is 1.19 bits per heavy atom. The number of ether oxygens (including phenoxy) is 1. The van der Waals surface area contributed by atoms with Crippen molar-refractivity contribution < 1.29 is 22.7 Å². The van der Waals surface area contributed by atoms with Gasteiger partial charge in [-0.25, -0.2) is 13.2 Å². The Morgan fingerprint density at radius 2 is 1.89 bits per heavy atom. The van der Waals surface area contributed by atoms with Crippen molar-refractivity contribution in [1.29, 1.82) is 0 Å². The van der Waals surface area contributed by atoms with Crippen LogP contribution in [0.5, 0.6) is 0 Å². The van der Waals surface area contributed by atoms with Crippen molar-refractivity contribution in [3.05, 3.63) is 58.6 Å². The molecule has 2 rings (SSSR count). The topological polar surface area (TPSA) is 92.8 Å². The number of rotatable bonds is 6. The Kier molecular flexibility index (Phi) is 6.45. The average Bonchev–Trinajstić information content (AvgIpc) is 2.60. The third-order valence-corrected chi connectivity index (χ3v) is 5.09. The first kappa shape index (κ1) is 20.7. The minimum absolute atomic E-state index is 0.271. The largest absolute Gasteiger partial charge is 0.465 e. The summed E-state index contributed by atoms with van der Waals surface area (Å²) in [6, 6.07) is 10.9. The molecule has 0 fully saturated rings. The smallest absolute Gasteiger partial charge is 0.337 e. The second-order valence-corrected chi connectivity index (χ2v) is 8.16. The van der Waals surface area contributed by atoms with E-state index in [2.05, 4.69) is 10.1 Å². The lowest BCUT2D eigenvalue weighted by atomic mass is 10.1. The summed E-state index contributed by atoms with van der Waals surface area (Å²) in [5.41, 5.74) is 1.65. The van der Waals surface area contributed by atoms with Crippen molar-refractivity contribution in [1.82, 2.24) is 0 Å². The van der Waals surface area contributed by atoms with Gasteiger partial charge in [-0.15, -0.1) is 0 Å². The van der Waals surface area contributed by atoms with Gasteiger partial charge in [0, 0.05) is 10.7 Å². The standard InChI is InChI=1S/C18H19ClN2O5S/c1-12-7-8-13(18(23)26-2)9-16(12)20-17(22)11-21(27(3,24)25)15-6-4-5-14(19)10-15/h4-10H,11H2,1-3H3,(H,20,22). The van der Waals surface area contributed by atoms with Gasteiger partial charge < -0.3 is 10.1 Å². The number of halogens is 1. The van der Waals surface area contributed by atoms with Gasteiger partial charge in [0.25, 0.3) is 0 Å². The number of aryl methyl sites for hydroxylation is 1. The van der Waals surface area contributed by atoms with E-state index in [4.69, 9.17) is 11.6 Å². The van der Waals surface area contributed by atoms with Crippen molar-refractivity contribution in [2.75, 3.05) is 29.5 Å². The number of nitrogens with one attached hydrogen (secondary N) is 1. The molecule has 1 amide bonds. The molecule has 0 aliphatic heterocycles. The van der Waals surface area contributed by atoms with Crippen molar-refractivity contribution in [3.8, 4) is 0 Å². The maximum absolute atomic E-state index is 12.5. The first-order chi connectivity index (χ1) is 12.6. The van der Waals surface area contributed by atoms with E-state index in [1.807, 2.05) is 0 Å². The third-order valence-electron chi connectivity index (χ3n) is 3.72. The highest BCUT2D eigenvalue weighted by molar-refractivity contribution is 7.92. The van der Waals surface area contributed by atoms with Gasteiger partial charge in [-0.1, -0.05) is 23.7 Å². The molecule has 0 atom stereocenters. The molecular weight excluding hydrogens is 392 g/mol. The van der Waals surface area contributed by atoms with E-state index in [-0.39, 0.29) is 11.3 Å². The fraction of sp³-hybridized carbons (Fsp3) is 0.222. The molecular formula is C18H19ClN2O5S. The van der Waals surface area contributed by atoms with E-state index in [1.165, 1.54) is 19.2 Å². The van der Waals surface area contributed by atoms with Crippen LogP contribution in [0.4, 0.5) is 11.4 Å². The van der Waals surface area contributed by atoms with Gasteiger partial charge in [0.05, 0.1) is 24.6 Å². The first-order valence-corrected chi connectivity index (χ1v) is 10.1. The zero-order valence-electron chi connectivity index (χ0n) is 15.0. The molecule has 2 aromatic carbocycles. The number of methoxy groups -OCH3 is 1. The lowest BCUT2D eigenvalue weighted by Gasteiger charge is -2.22. The molecule has 0 saturated carbocycles. The van der Waals surface area contributed by atoms with E-state index in [1.54, 1.807) is 37.3 Å². The molecule has 0 radical (unpaired) electrons. The molecule has 2 aromatic rings.